The Balaban J connectivity index is 0.00000147. The van der Waals surface area contributed by atoms with Gasteiger partial charge in [0.1, 0.15) is 11.3 Å². The number of carbonyl (C=O) groups is 1. The molecule has 1 aromatic carbocycles. The third kappa shape index (κ3) is 2.72. The van der Waals surface area contributed by atoms with E-state index in [-0.39, 0.29) is 28.3 Å². The second-order valence-corrected chi connectivity index (χ2v) is 5.38. The van der Waals surface area contributed by atoms with Crippen LogP contribution in [0.15, 0.2) is 12.1 Å². The van der Waals surface area contributed by atoms with Crippen LogP contribution in [0.5, 0.6) is 5.75 Å². The molecule has 1 fully saturated rings. The molecule has 0 radical (unpaired) electrons. The molecule has 1 aromatic heterocycles. The van der Waals surface area contributed by atoms with Crippen LogP contribution in [0.2, 0.25) is 0 Å². The molecule has 0 aliphatic carbocycles. The zero-order valence-electron chi connectivity index (χ0n) is 10.5. The third-order valence-corrected chi connectivity index (χ3v) is 4.19. The van der Waals surface area contributed by atoms with Gasteiger partial charge >= 0.3 is 5.97 Å². The Kier molecular flexibility index (Phi) is 4.46. The number of fused-ring (bicyclic) bond motifs is 1. The van der Waals surface area contributed by atoms with Gasteiger partial charge in [-0.1, -0.05) is 11.3 Å². The molecular weight excluding hydrogens is 346 g/mol. The number of halogens is 1. The molecule has 0 unspecified atom stereocenters. The lowest BCUT2D eigenvalue weighted by molar-refractivity contribution is 0.0694. The number of anilines is 1. The molecule has 0 saturated carbocycles. The fourth-order valence-corrected chi connectivity index (χ4v) is 3.15. The quantitative estimate of drug-likeness (QED) is 0.756. The number of benzene rings is 1. The summed E-state index contributed by atoms with van der Waals surface area (Å²) in [5.41, 5.74) is 0.559. The fraction of sp³-hybridized carbons (Fsp3) is 0.333. The predicted molar refractivity (Wildman–Crippen MR) is 83.6 cm³/mol. The third-order valence-electron chi connectivity index (χ3n) is 3.11. The summed E-state index contributed by atoms with van der Waals surface area (Å²) in [5.74, 6) is -1.37. The van der Waals surface area contributed by atoms with Crippen molar-refractivity contribution in [2.24, 2.45) is 0 Å². The average Bonchev–Trinajstić information content (AvgIpc) is 2.81. The molecule has 1 saturated heterocycles. The fourth-order valence-electron chi connectivity index (χ4n) is 2.11. The maximum atomic E-state index is 11.0. The van der Waals surface area contributed by atoms with E-state index in [0.717, 1.165) is 36.0 Å². The number of aromatic carboxylic acids is 1. The first kappa shape index (κ1) is 15.0. The van der Waals surface area contributed by atoms with E-state index in [1.54, 1.807) is 0 Å². The lowest BCUT2D eigenvalue weighted by Crippen LogP contribution is -2.43. The molecule has 0 bridgehead atoms. The number of aromatic nitrogens is 1. The Morgan fingerprint density at radius 2 is 2.05 bits per heavy atom. The van der Waals surface area contributed by atoms with Crippen LogP contribution in [0.4, 0.5) is 5.13 Å². The molecule has 3 N–H and O–H groups in total. The minimum Gasteiger partial charge on any atom is -0.507 e. The van der Waals surface area contributed by atoms with Crippen LogP contribution in [0.1, 0.15) is 10.4 Å². The normalized spacial score (nSPS) is 15.1. The summed E-state index contributed by atoms with van der Waals surface area (Å²) in [6.45, 7) is 3.61. The van der Waals surface area contributed by atoms with E-state index in [1.807, 2.05) is 0 Å². The summed E-state index contributed by atoms with van der Waals surface area (Å²) in [7, 11) is 0. The number of hydrogen-bond acceptors (Lipinski definition) is 6. The number of carboxylic acids is 1. The van der Waals surface area contributed by atoms with Crippen LogP contribution in [-0.2, 0) is 0 Å². The molecule has 0 spiro atoms. The minimum atomic E-state index is -1.13. The van der Waals surface area contributed by atoms with E-state index in [4.69, 9.17) is 5.11 Å². The number of nitrogens with zero attached hydrogens (tertiary/aromatic N) is 2. The van der Waals surface area contributed by atoms with Gasteiger partial charge in [-0.25, -0.2) is 9.78 Å². The number of nitrogens with one attached hydrogen (secondary N) is 1. The molecule has 108 valence electrons. The molecule has 2 aromatic rings. The topological polar surface area (TPSA) is 85.7 Å². The lowest BCUT2D eigenvalue weighted by Gasteiger charge is -2.26. The SMILES string of the molecule is Br.O=C(O)c1cc2sc(N3CCNCC3)nc2cc1O. The highest BCUT2D eigenvalue weighted by atomic mass is 79.9. The van der Waals surface area contributed by atoms with Crippen LogP contribution < -0.4 is 10.2 Å². The van der Waals surface area contributed by atoms with Gasteiger partial charge in [-0.2, -0.15) is 0 Å². The number of carboxylic acid groups (broad SMARTS) is 1. The van der Waals surface area contributed by atoms with E-state index in [9.17, 15) is 9.90 Å². The van der Waals surface area contributed by atoms with Crippen molar-refractivity contribution in [3.05, 3.63) is 17.7 Å². The zero-order valence-corrected chi connectivity index (χ0v) is 13.0. The second kappa shape index (κ2) is 5.94. The number of thiazole rings is 1. The van der Waals surface area contributed by atoms with Gasteiger partial charge in [0.05, 0.1) is 10.2 Å². The van der Waals surface area contributed by atoms with E-state index < -0.39 is 5.97 Å². The minimum absolute atomic E-state index is 0. The van der Waals surface area contributed by atoms with Crippen LogP contribution in [0.25, 0.3) is 10.2 Å². The smallest absolute Gasteiger partial charge is 0.339 e. The van der Waals surface area contributed by atoms with Crippen molar-refractivity contribution in [2.75, 3.05) is 31.1 Å². The molecule has 0 atom stereocenters. The number of hydrogen-bond donors (Lipinski definition) is 3. The number of phenols is 1. The number of aromatic hydroxyl groups is 1. The van der Waals surface area contributed by atoms with Gasteiger partial charge in [0.2, 0.25) is 0 Å². The zero-order chi connectivity index (χ0) is 13.4. The predicted octanol–water partition coefficient (Wildman–Crippen LogP) is 1.69. The Hall–Kier alpha value is -1.38. The van der Waals surface area contributed by atoms with E-state index in [0.29, 0.717) is 5.52 Å². The van der Waals surface area contributed by atoms with Gasteiger partial charge in [0.25, 0.3) is 0 Å². The molecule has 1 aliphatic rings. The molecular formula is C12H14BrN3O3S. The molecule has 1 aliphatic heterocycles. The maximum Gasteiger partial charge on any atom is 0.339 e. The monoisotopic (exact) mass is 359 g/mol. The summed E-state index contributed by atoms with van der Waals surface area (Å²) in [4.78, 5) is 17.6. The lowest BCUT2D eigenvalue weighted by atomic mass is 10.2. The first-order chi connectivity index (χ1) is 9.15. The van der Waals surface area contributed by atoms with Gasteiger partial charge in [-0.15, -0.1) is 17.0 Å². The largest absolute Gasteiger partial charge is 0.507 e. The molecule has 8 heteroatoms. The molecule has 3 rings (SSSR count). The van der Waals surface area contributed by atoms with Crippen LogP contribution in [-0.4, -0.2) is 47.3 Å². The van der Waals surface area contributed by atoms with Crippen molar-refractivity contribution in [1.82, 2.24) is 10.3 Å². The summed E-state index contributed by atoms with van der Waals surface area (Å²) >= 11 is 1.46. The number of rotatable bonds is 2. The standard InChI is InChI=1S/C12H13N3O3S.BrH/c16-9-6-8-10(5-7(9)11(17)18)19-12(14-8)15-3-1-13-2-4-15;/h5-6,13,16H,1-4H2,(H,17,18);1H. The van der Waals surface area contributed by atoms with Crippen LogP contribution in [0.3, 0.4) is 0 Å². The van der Waals surface area contributed by atoms with Crippen LogP contribution in [0, 0.1) is 0 Å². The molecule has 20 heavy (non-hydrogen) atoms. The second-order valence-electron chi connectivity index (χ2n) is 4.38. The summed E-state index contributed by atoms with van der Waals surface area (Å²) in [5, 5.41) is 22.8. The van der Waals surface area contributed by atoms with Gasteiger partial charge in [-0.05, 0) is 6.07 Å². The first-order valence-corrected chi connectivity index (χ1v) is 6.79. The van der Waals surface area contributed by atoms with Crippen molar-refractivity contribution in [3.8, 4) is 5.75 Å². The highest BCUT2D eigenvalue weighted by Crippen LogP contribution is 2.33. The van der Waals surface area contributed by atoms with Crippen molar-refractivity contribution >= 4 is 49.6 Å². The van der Waals surface area contributed by atoms with Crippen molar-refractivity contribution in [3.63, 3.8) is 0 Å². The Bertz CT molecular complexity index is 640. The average molecular weight is 360 g/mol. The van der Waals surface area contributed by atoms with Gasteiger partial charge in [0.15, 0.2) is 5.13 Å². The van der Waals surface area contributed by atoms with Gasteiger partial charge in [-0.3, -0.25) is 0 Å². The molecule has 0 amide bonds. The van der Waals surface area contributed by atoms with Crippen molar-refractivity contribution in [2.45, 2.75) is 0 Å². The summed E-state index contributed by atoms with van der Waals surface area (Å²) < 4.78 is 0.781. The summed E-state index contributed by atoms with van der Waals surface area (Å²) in [6.07, 6.45) is 0. The highest BCUT2D eigenvalue weighted by molar-refractivity contribution is 8.93. The number of piperazine rings is 1. The van der Waals surface area contributed by atoms with E-state index >= 15 is 0 Å². The van der Waals surface area contributed by atoms with Crippen molar-refractivity contribution < 1.29 is 15.0 Å². The van der Waals surface area contributed by atoms with Crippen LogP contribution >= 0.6 is 28.3 Å². The Labute approximate surface area is 129 Å². The van der Waals surface area contributed by atoms with Gasteiger partial charge in [0, 0.05) is 32.2 Å². The Morgan fingerprint density at radius 1 is 1.35 bits per heavy atom. The van der Waals surface area contributed by atoms with E-state index in [2.05, 4.69) is 15.2 Å². The first-order valence-electron chi connectivity index (χ1n) is 5.97. The Morgan fingerprint density at radius 3 is 2.70 bits per heavy atom. The van der Waals surface area contributed by atoms with Gasteiger partial charge < -0.3 is 20.4 Å². The maximum absolute atomic E-state index is 11.0. The molecule has 2 heterocycles. The summed E-state index contributed by atoms with van der Waals surface area (Å²) in [6, 6.07) is 2.90. The van der Waals surface area contributed by atoms with E-state index in [1.165, 1.54) is 23.5 Å². The van der Waals surface area contributed by atoms with Crippen molar-refractivity contribution in [1.29, 1.82) is 0 Å². The molecule has 6 nitrogen and oxygen atoms in total. The highest BCUT2D eigenvalue weighted by Gasteiger charge is 2.17.